The van der Waals surface area contributed by atoms with Crippen molar-refractivity contribution in [3.8, 4) is 0 Å². The van der Waals surface area contributed by atoms with Gasteiger partial charge in [0.15, 0.2) is 0 Å². The number of hydrogen-bond acceptors (Lipinski definition) is 2. The zero-order valence-electron chi connectivity index (χ0n) is 7.21. The van der Waals surface area contributed by atoms with Crippen LogP contribution in [0.5, 0.6) is 0 Å². The van der Waals surface area contributed by atoms with E-state index in [1.165, 1.54) is 12.1 Å². The van der Waals surface area contributed by atoms with Crippen LogP contribution in [0.3, 0.4) is 0 Å². The Bertz CT molecular complexity index is 328. The molecular formula is C8H12NO3P. The van der Waals surface area contributed by atoms with Crippen molar-refractivity contribution in [2.45, 2.75) is 13.0 Å². The molecule has 1 atom stereocenters. The summed E-state index contributed by atoms with van der Waals surface area (Å²) in [5, 5.41) is 0.0249. The molecule has 72 valence electrons. The maximum Gasteiger partial charge on any atom is 0.356 e. The van der Waals surface area contributed by atoms with Crippen molar-refractivity contribution in [2.75, 3.05) is 0 Å². The Hall–Kier alpha value is -0.670. The molecule has 1 aromatic rings. The Morgan fingerprint density at radius 3 is 2.08 bits per heavy atom. The minimum atomic E-state index is -4.11. The molecule has 0 aliphatic heterocycles. The van der Waals surface area contributed by atoms with Crippen LogP contribution < -0.4 is 11.0 Å². The van der Waals surface area contributed by atoms with Crippen molar-refractivity contribution in [2.24, 2.45) is 5.73 Å². The van der Waals surface area contributed by atoms with Gasteiger partial charge in [0.25, 0.3) is 0 Å². The summed E-state index contributed by atoms with van der Waals surface area (Å²) in [4.78, 5) is 17.6. The molecule has 0 aromatic heterocycles. The predicted molar refractivity (Wildman–Crippen MR) is 50.7 cm³/mol. The molecule has 13 heavy (non-hydrogen) atoms. The van der Waals surface area contributed by atoms with E-state index in [2.05, 4.69) is 0 Å². The number of nitrogens with two attached hydrogens (primary N) is 1. The van der Waals surface area contributed by atoms with Crippen LogP contribution in [-0.4, -0.2) is 9.79 Å². The third kappa shape index (κ3) is 2.64. The van der Waals surface area contributed by atoms with Crippen molar-refractivity contribution in [1.29, 1.82) is 0 Å². The quantitative estimate of drug-likeness (QED) is 0.609. The Morgan fingerprint density at radius 2 is 1.77 bits per heavy atom. The minimum Gasteiger partial charge on any atom is -0.324 e. The largest absolute Gasteiger partial charge is 0.356 e. The molecule has 0 fully saturated rings. The number of hydrogen-bond donors (Lipinski definition) is 3. The SMILES string of the molecule is CC(N)c1ccc(P(=O)(O)O)cc1. The van der Waals surface area contributed by atoms with Gasteiger partial charge in [-0.05, 0) is 24.6 Å². The van der Waals surface area contributed by atoms with Gasteiger partial charge in [0, 0.05) is 6.04 Å². The van der Waals surface area contributed by atoms with Gasteiger partial charge in [0.1, 0.15) is 0 Å². The molecule has 0 saturated carbocycles. The van der Waals surface area contributed by atoms with Crippen molar-refractivity contribution in [1.82, 2.24) is 0 Å². The Morgan fingerprint density at radius 1 is 1.31 bits per heavy atom. The molecule has 0 aliphatic carbocycles. The van der Waals surface area contributed by atoms with Gasteiger partial charge < -0.3 is 15.5 Å². The summed E-state index contributed by atoms with van der Waals surface area (Å²) in [5.41, 5.74) is 6.44. The molecule has 1 aromatic carbocycles. The molecule has 0 spiro atoms. The van der Waals surface area contributed by atoms with Crippen LogP contribution in [0.1, 0.15) is 18.5 Å². The second-order valence-corrected chi connectivity index (χ2v) is 4.53. The van der Waals surface area contributed by atoms with Crippen molar-refractivity contribution in [3.63, 3.8) is 0 Å². The maximum absolute atomic E-state index is 10.8. The lowest BCUT2D eigenvalue weighted by molar-refractivity contribution is 0.387. The highest BCUT2D eigenvalue weighted by molar-refractivity contribution is 7.60. The molecule has 4 nitrogen and oxygen atoms in total. The monoisotopic (exact) mass is 201 g/mol. The first-order valence-electron chi connectivity index (χ1n) is 3.83. The van der Waals surface area contributed by atoms with Gasteiger partial charge in [-0.25, -0.2) is 0 Å². The zero-order valence-corrected chi connectivity index (χ0v) is 8.11. The van der Waals surface area contributed by atoms with Gasteiger partial charge in [-0.3, -0.25) is 4.57 Å². The molecule has 4 N–H and O–H groups in total. The first-order valence-corrected chi connectivity index (χ1v) is 5.44. The van der Waals surface area contributed by atoms with E-state index in [1.807, 2.05) is 6.92 Å². The normalized spacial score (nSPS) is 14.2. The summed E-state index contributed by atoms with van der Waals surface area (Å²) < 4.78 is 10.8. The third-order valence-corrected chi connectivity index (χ3v) is 2.73. The van der Waals surface area contributed by atoms with Crippen molar-refractivity contribution >= 4 is 12.9 Å². The molecule has 0 radical (unpaired) electrons. The third-order valence-electron chi connectivity index (χ3n) is 1.76. The highest BCUT2D eigenvalue weighted by Gasteiger charge is 2.16. The number of rotatable bonds is 2. The first kappa shape index (κ1) is 10.4. The fourth-order valence-corrected chi connectivity index (χ4v) is 1.51. The smallest absolute Gasteiger partial charge is 0.324 e. The Kier molecular flexibility index (Phi) is 2.88. The van der Waals surface area contributed by atoms with Gasteiger partial charge in [-0.1, -0.05) is 12.1 Å². The molecule has 0 amide bonds. The van der Waals surface area contributed by atoms with E-state index in [-0.39, 0.29) is 11.3 Å². The second kappa shape index (κ2) is 3.60. The van der Waals surface area contributed by atoms with E-state index >= 15 is 0 Å². The van der Waals surface area contributed by atoms with Crippen molar-refractivity contribution < 1.29 is 14.4 Å². The summed E-state index contributed by atoms with van der Waals surface area (Å²) >= 11 is 0. The van der Waals surface area contributed by atoms with Crippen molar-refractivity contribution in [3.05, 3.63) is 29.8 Å². The van der Waals surface area contributed by atoms with Crippen LogP contribution in [0.4, 0.5) is 0 Å². The average molecular weight is 201 g/mol. The van der Waals surface area contributed by atoms with Crippen LogP contribution in [0.2, 0.25) is 0 Å². The topological polar surface area (TPSA) is 83.6 Å². The van der Waals surface area contributed by atoms with Gasteiger partial charge in [0.05, 0.1) is 5.30 Å². The summed E-state index contributed by atoms with van der Waals surface area (Å²) in [6, 6.07) is 5.93. The molecule has 1 unspecified atom stereocenters. The maximum atomic E-state index is 10.8. The van der Waals surface area contributed by atoms with Crippen LogP contribution in [0, 0.1) is 0 Å². The summed E-state index contributed by atoms with van der Waals surface area (Å²) in [6.07, 6.45) is 0. The molecule has 0 saturated heterocycles. The van der Waals surface area contributed by atoms with Gasteiger partial charge >= 0.3 is 7.60 Å². The molecular weight excluding hydrogens is 189 g/mol. The predicted octanol–water partition coefficient (Wildman–Crippen LogP) is 0.509. The lowest BCUT2D eigenvalue weighted by Gasteiger charge is -2.07. The van der Waals surface area contributed by atoms with Crippen LogP contribution in [-0.2, 0) is 4.57 Å². The summed E-state index contributed by atoms with van der Waals surface area (Å²) in [5.74, 6) is 0. The van der Waals surface area contributed by atoms with Crippen LogP contribution >= 0.6 is 7.60 Å². The molecule has 0 heterocycles. The van der Waals surface area contributed by atoms with Gasteiger partial charge in [0.2, 0.25) is 0 Å². The van der Waals surface area contributed by atoms with Gasteiger partial charge in [-0.15, -0.1) is 0 Å². The highest BCUT2D eigenvalue weighted by atomic mass is 31.2. The average Bonchev–Trinajstić information content (AvgIpc) is 2.03. The van der Waals surface area contributed by atoms with Crippen LogP contribution in [0.25, 0.3) is 0 Å². The summed E-state index contributed by atoms with van der Waals surface area (Å²) in [6.45, 7) is 1.81. The molecule has 0 aliphatic rings. The van der Waals surface area contributed by atoms with E-state index in [0.717, 1.165) is 5.56 Å². The lowest BCUT2D eigenvalue weighted by Crippen LogP contribution is -2.08. The zero-order chi connectivity index (χ0) is 10.1. The highest BCUT2D eigenvalue weighted by Crippen LogP contribution is 2.32. The molecule has 1 rings (SSSR count). The van der Waals surface area contributed by atoms with E-state index in [0.29, 0.717) is 0 Å². The molecule has 5 heteroatoms. The van der Waals surface area contributed by atoms with Crippen LogP contribution in [0.15, 0.2) is 24.3 Å². The number of benzene rings is 1. The fraction of sp³-hybridized carbons (Fsp3) is 0.250. The molecule has 0 bridgehead atoms. The minimum absolute atomic E-state index is 0.0249. The van der Waals surface area contributed by atoms with E-state index in [4.69, 9.17) is 15.5 Å². The summed E-state index contributed by atoms with van der Waals surface area (Å²) in [7, 11) is -4.11. The lowest BCUT2D eigenvalue weighted by atomic mass is 10.1. The van der Waals surface area contributed by atoms with E-state index in [9.17, 15) is 4.57 Å². The van der Waals surface area contributed by atoms with E-state index < -0.39 is 7.60 Å². The first-order chi connectivity index (χ1) is 5.91. The van der Waals surface area contributed by atoms with Gasteiger partial charge in [-0.2, -0.15) is 0 Å². The van der Waals surface area contributed by atoms with E-state index in [1.54, 1.807) is 12.1 Å². The Balaban J connectivity index is 3.01. The fourth-order valence-electron chi connectivity index (χ4n) is 0.972. The Labute approximate surface area is 76.6 Å². The standard InChI is InChI=1S/C8H12NO3P/c1-6(9)7-2-4-8(5-3-7)13(10,11)12/h2-6H,9H2,1H3,(H2,10,11,12). The second-order valence-electron chi connectivity index (χ2n) is 2.92.